The number of benzene rings is 2. The SMILES string of the molecule is NC(=O)[C@@H]1Cc2ccccc2CN1CC(=O)Nc1cc(C(F)(F)F)ccc1-n1cncn1. The minimum atomic E-state index is -4.59. The Hall–Kier alpha value is -3.73. The largest absolute Gasteiger partial charge is 0.416 e. The van der Waals surface area contributed by atoms with Crippen molar-refractivity contribution in [3.05, 3.63) is 71.8 Å². The molecule has 3 aromatic rings. The maximum atomic E-state index is 13.2. The van der Waals surface area contributed by atoms with Gasteiger partial charge < -0.3 is 11.1 Å². The van der Waals surface area contributed by atoms with Gasteiger partial charge in [0.05, 0.1) is 29.5 Å². The molecule has 0 aliphatic carbocycles. The molecule has 1 atom stereocenters. The lowest BCUT2D eigenvalue weighted by Gasteiger charge is -2.34. The van der Waals surface area contributed by atoms with E-state index in [0.717, 1.165) is 23.3 Å². The van der Waals surface area contributed by atoms with Gasteiger partial charge in [0, 0.05) is 6.54 Å². The first-order valence-corrected chi connectivity index (χ1v) is 9.68. The number of nitrogens with zero attached hydrogens (tertiary/aromatic N) is 4. The van der Waals surface area contributed by atoms with Gasteiger partial charge in [-0.1, -0.05) is 24.3 Å². The van der Waals surface area contributed by atoms with Gasteiger partial charge in [-0.25, -0.2) is 9.67 Å². The Balaban J connectivity index is 1.59. The molecule has 2 amide bonds. The molecule has 0 saturated carbocycles. The summed E-state index contributed by atoms with van der Waals surface area (Å²) in [6, 6.07) is 9.75. The van der Waals surface area contributed by atoms with Crippen molar-refractivity contribution in [3.8, 4) is 5.69 Å². The summed E-state index contributed by atoms with van der Waals surface area (Å²) < 4.78 is 40.9. The Morgan fingerprint density at radius 3 is 2.56 bits per heavy atom. The van der Waals surface area contributed by atoms with Crippen LogP contribution >= 0.6 is 0 Å². The van der Waals surface area contributed by atoms with Crippen LogP contribution in [0.3, 0.4) is 0 Å². The maximum absolute atomic E-state index is 13.2. The monoisotopic (exact) mass is 444 g/mol. The summed E-state index contributed by atoms with van der Waals surface area (Å²) in [4.78, 5) is 30.2. The van der Waals surface area contributed by atoms with Crippen LogP contribution in [0.1, 0.15) is 16.7 Å². The molecule has 3 N–H and O–H groups in total. The molecule has 11 heteroatoms. The fraction of sp³-hybridized carbons (Fsp3) is 0.238. The summed E-state index contributed by atoms with van der Waals surface area (Å²) >= 11 is 0. The maximum Gasteiger partial charge on any atom is 0.416 e. The highest BCUT2D eigenvalue weighted by Gasteiger charge is 2.33. The third-order valence-electron chi connectivity index (χ3n) is 5.28. The van der Waals surface area contributed by atoms with E-state index >= 15 is 0 Å². The number of primary amides is 1. The van der Waals surface area contributed by atoms with Crippen molar-refractivity contribution in [2.45, 2.75) is 25.2 Å². The zero-order valence-electron chi connectivity index (χ0n) is 16.7. The predicted octanol–water partition coefficient (Wildman–Crippen LogP) is 2.14. The lowest BCUT2D eigenvalue weighted by molar-refractivity contribution is -0.137. The lowest BCUT2D eigenvalue weighted by Crippen LogP contribution is -2.50. The summed E-state index contributed by atoms with van der Waals surface area (Å²) in [6.45, 7) is 0.0880. The van der Waals surface area contributed by atoms with Gasteiger partial charge >= 0.3 is 6.18 Å². The molecule has 1 aromatic heterocycles. The first-order valence-electron chi connectivity index (χ1n) is 9.68. The van der Waals surface area contributed by atoms with E-state index in [4.69, 9.17) is 5.73 Å². The van der Waals surface area contributed by atoms with Crippen molar-refractivity contribution in [2.75, 3.05) is 11.9 Å². The summed E-state index contributed by atoms with van der Waals surface area (Å²) in [5, 5.41) is 6.44. The number of fused-ring (bicyclic) bond motifs is 1. The number of hydrogen-bond acceptors (Lipinski definition) is 5. The van der Waals surface area contributed by atoms with Crippen LogP contribution in [-0.4, -0.2) is 44.1 Å². The van der Waals surface area contributed by atoms with Crippen LogP contribution in [0, 0.1) is 0 Å². The van der Waals surface area contributed by atoms with Gasteiger partial charge in [0.2, 0.25) is 11.8 Å². The van der Waals surface area contributed by atoms with Gasteiger partial charge in [-0.05, 0) is 35.7 Å². The van der Waals surface area contributed by atoms with Gasteiger partial charge in [0.25, 0.3) is 0 Å². The van der Waals surface area contributed by atoms with E-state index in [2.05, 4.69) is 15.4 Å². The molecular weight excluding hydrogens is 425 g/mol. The molecule has 0 unspecified atom stereocenters. The van der Waals surface area contributed by atoms with Crippen LogP contribution in [0.15, 0.2) is 55.1 Å². The molecule has 2 aromatic carbocycles. The second-order valence-corrected chi connectivity index (χ2v) is 7.41. The van der Waals surface area contributed by atoms with Crippen molar-refractivity contribution >= 4 is 17.5 Å². The molecule has 4 rings (SSSR count). The predicted molar refractivity (Wildman–Crippen MR) is 109 cm³/mol. The zero-order valence-corrected chi connectivity index (χ0v) is 16.7. The minimum absolute atomic E-state index is 0.0802. The number of nitrogens with one attached hydrogen (secondary N) is 1. The molecule has 1 aliphatic rings. The Kier molecular flexibility index (Phi) is 5.66. The molecular formula is C21H19F3N6O2. The number of amides is 2. The molecule has 2 heterocycles. The number of carbonyl (C=O) groups excluding carboxylic acids is 2. The highest BCUT2D eigenvalue weighted by molar-refractivity contribution is 5.95. The van der Waals surface area contributed by atoms with Gasteiger partial charge in [-0.3, -0.25) is 14.5 Å². The topological polar surface area (TPSA) is 106 Å². The number of rotatable bonds is 5. The summed E-state index contributed by atoms with van der Waals surface area (Å²) in [6.07, 6.45) is -1.70. The number of hydrogen-bond donors (Lipinski definition) is 2. The third kappa shape index (κ3) is 4.47. The van der Waals surface area contributed by atoms with Gasteiger partial charge in [-0.2, -0.15) is 18.3 Å². The quantitative estimate of drug-likeness (QED) is 0.627. The van der Waals surface area contributed by atoms with E-state index in [-0.39, 0.29) is 17.9 Å². The van der Waals surface area contributed by atoms with Gasteiger partial charge in [0.1, 0.15) is 12.7 Å². The minimum Gasteiger partial charge on any atom is -0.368 e. The molecule has 0 radical (unpaired) electrons. The molecule has 8 nitrogen and oxygen atoms in total. The summed E-state index contributed by atoms with van der Waals surface area (Å²) in [5.41, 5.74) is 6.70. The molecule has 0 bridgehead atoms. The fourth-order valence-corrected chi connectivity index (χ4v) is 3.74. The van der Waals surface area contributed by atoms with Crippen molar-refractivity contribution in [2.24, 2.45) is 5.73 Å². The van der Waals surface area contributed by atoms with E-state index in [0.29, 0.717) is 13.0 Å². The van der Waals surface area contributed by atoms with E-state index in [1.165, 1.54) is 23.4 Å². The van der Waals surface area contributed by atoms with E-state index in [9.17, 15) is 22.8 Å². The zero-order chi connectivity index (χ0) is 22.9. The molecule has 0 spiro atoms. The Labute approximate surface area is 180 Å². The number of alkyl halides is 3. The van der Waals surface area contributed by atoms with Gasteiger partial charge in [0.15, 0.2) is 0 Å². The first kappa shape index (κ1) is 21.5. The second kappa shape index (κ2) is 8.42. The van der Waals surface area contributed by atoms with Crippen LogP contribution in [0.5, 0.6) is 0 Å². The van der Waals surface area contributed by atoms with Crippen LogP contribution in [0.2, 0.25) is 0 Å². The molecule has 1 aliphatic heterocycles. The number of aromatic nitrogens is 3. The Morgan fingerprint density at radius 2 is 1.91 bits per heavy atom. The van der Waals surface area contributed by atoms with Crippen LogP contribution in [0.25, 0.3) is 5.69 Å². The normalized spacial score (nSPS) is 16.4. The van der Waals surface area contributed by atoms with E-state index < -0.39 is 29.6 Å². The summed E-state index contributed by atoms with van der Waals surface area (Å²) in [5.74, 6) is -1.16. The smallest absolute Gasteiger partial charge is 0.368 e. The van der Waals surface area contributed by atoms with E-state index in [1.807, 2.05) is 24.3 Å². The average Bonchev–Trinajstić information content (AvgIpc) is 3.27. The first-order chi connectivity index (χ1) is 15.2. The molecule has 0 saturated heterocycles. The third-order valence-corrected chi connectivity index (χ3v) is 5.28. The number of halogens is 3. The molecule has 32 heavy (non-hydrogen) atoms. The van der Waals surface area contributed by atoms with Crippen LogP contribution in [0.4, 0.5) is 18.9 Å². The van der Waals surface area contributed by atoms with Crippen molar-refractivity contribution < 1.29 is 22.8 Å². The number of nitrogens with two attached hydrogens (primary N) is 1. The standard InChI is InChI=1S/C21H19F3N6O2/c22-21(23,24)15-5-6-17(30-12-26-11-27-30)16(8-15)28-19(31)10-29-9-14-4-2-1-3-13(14)7-18(29)20(25)32/h1-6,8,11-12,18H,7,9-10H2,(H2,25,32)(H,28,31)/t18-/m0/s1. The Bertz CT molecular complexity index is 1150. The Morgan fingerprint density at radius 1 is 1.16 bits per heavy atom. The highest BCUT2D eigenvalue weighted by Crippen LogP contribution is 2.33. The molecule has 0 fully saturated rings. The van der Waals surface area contributed by atoms with Crippen molar-refractivity contribution in [1.82, 2.24) is 19.7 Å². The number of carbonyl (C=O) groups is 2. The average molecular weight is 444 g/mol. The van der Waals surface area contributed by atoms with Crippen LogP contribution in [-0.2, 0) is 28.7 Å². The van der Waals surface area contributed by atoms with Gasteiger partial charge in [-0.15, -0.1) is 0 Å². The van der Waals surface area contributed by atoms with Crippen LogP contribution < -0.4 is 11.1 Å². The fourth-order valence-electron chi connectivity index (χ4n) is 3.74. The highest BCUT2D eigenvalue weighted by atomic mass is 19.4. The van der Waals surface area contributed by atoms with E-state index in [1.54, 1.807) is 4.90 Å². The van der Waals surface area contributed by atoms with Crippen molar-refractivity contribution in [3.63, 3.8) is 0 Å². The number of anilines is 1. The second-order valence-electron chi connectivity index (χ2n) is 7.41. The van der Waals surface area contributed by atoms with Crippen molar-refractivity contribution in [1.29, 1.82) is 0 Å². The molecule has 166 valence electrons. The summed E-state index contributed by atoms with van der Waals surface area (Å²) in [7, 11) is 0. The lowest BCUT2D eigenvalue weighted by atomic mass is 9.93.